The highest BCUT2D eigenvalue weighted by molar-refractivity contribution is 7.92. The van der Waals surface area contributed by atoms with Crippen molar-refractivity contribution in [1.29, 1.82) is 0 Å². The first-order valence-electron chi connectivity index (χ1n) is 6.58. The second-order valence-corrected chi connectivity index (χ2v) is 6.38. The quantitative estimate of drug-likeness (QED) is 0.719. The number of hydrogen-bond donors (Lipinski definition) is 2. The van der Waals surface area contributed by atoms with Gasteiger partial charge in [-0.2, -0.15) is 5.10 Å². The Bertz CT molecular complexity index is 954. The zero-order valence-electron chi connectivity index (χ0n) is 11.7. The molecule has 0 fully saturated rings. The van der Waals surface area contributed by atoms with Crippen molar-refractivity contribution in [2.24, 2.45) is 0 Å². The van der Waals surface area contributed by atoms with E-state index in [1.807, 2.05) is 0 Å². The number of nitrogens with zero attached hydrogens (tertiary/aromatic N) is 2. The number of anilines is 1. The van der Waals surface area contributed by atoms with E-state index in [0.29, 0.717) is 0 Å². The summed E-state index contributed by atoms with van der Waals surface area (Å²) in [6, 6.07) is 11.8. The molecule has 23 heavy (non-hydrogen) atoms. The fourth-order valence-electron chi connectivity index (χ4n) is 1.98. The maximum Gasteiger partial charge on any atom is 0.265 e. The number of phenolic OH excluding ortho intramolecular Hbond substituents is 1. The Morgan fingerprint density at radius 3 is 2.52 bits per heavy atom. The average Bonchev–Trinajstić information content (AvgIpc) is 3.00. The molecular weight excluding hydrogens is 321 g/mol. The van der Waals surface area contributed by atoms with Crippen molar-refractivity contribution in [3.8, 4) is 11.4 Å². The molecule has 0 spiro atoms. The number of halogens is 1. The first-order chi connectivity index (χ1) is 11.0. The van der Waals surface area contributed by atoms with Gasteiger partial charge in [0.1, 0.15) is 22.1 Å². The third kappa shape index (κ3) is 3.02. The van der Waals surface area contributed by atoms with Crippen molar-refractivity contribution in [2.45, 2.75) is 4.90 Å². The van der Waals surface area contributed by atoms with Gasteiger partial charge >= 0.3 is 0 Å². The summed E-state index contributed by atoms with van der Waals surface area (Å²) in [6.07, 6.45) is 2.30. The number of phenols is 1. The van der Waals surface area contributed by atoms with Gasteiger partial charge in [-0.05, 0) is 24.3 Å². The van der Waals surface area contributed by atoms with E-state index in [1.165, 1.54) is 36.5 Å². The maximum absolute atomic E-state index is 13.7. The zero-order valence-corrected chi connectivity index (χ0v) is 12.5. The van der Waals surface area contributed by atoms with Crippen LogP contribution in [0.2, 0.25) is 0 Å². The summed E-state index contributed by atoms with van der Waals surface area (Å²) in [6.45, 7) is 0. The molecule has 0 saturated carbocycles. The van der Waals surface area contributed by atoms with Crippen LogP contribution in [-0.2, 0) is 10.0 Å². The summed E-state index contributed by atoms with van der Waals surface area (Å²) in [7, 11) is -3.95. The van der Waals surface area contributed by atoms with Gasteiger partial charge in [-0.15, -0.1) is 0 Å². The Morgan fingerprint density at radius 2 is 1.78 bits per heavy atom. The van der Waals surface area contributed by atoms with Gasteiger partial charge < -0.3 is 5.11 Å². The highest BCUT2D eigenvalue weighted by atomic mass is 32.2. The number of para-hydroxylation sites is 3. The lowest BCUT2D eigenvalue weighted by molar-refractivity contribution is 0.477. The normalized spacial score (nSPS) is 11.3. The van der Waals surface area contributed by atoms with Crippen LogP contribution < -0.4 is 4.72 Å². The van der Waals surface area contributed by atoms with E-state index in [1.54, 1.807) is 18.2 Å². The van der Waals surface area contributed by atoms with Crippen LogP contribution in [0.3, 0.4) is 0 Å². The van der Waals surface area contributed by atoms with Crippen molar-refractivity contribution >= 4 is 15.7 Å². The molecule has 0 amide bonds. The third-order valence-corrected chi connectivity index (χ3v) is 4.44. The van der Waals surface area contributed by atoms with Crippen LogP contribution in [0.4, 0.5) is 10.1 Å². The summed E-state index contributed by atoms with van der Waals surface area (Å²) >= 11 is 0. The van der Waals surface area contributed by atoms with Gasteiger partial charge in [0.15, 0.2) is 0 Å². The minimum atomic E-state index is -3.95. The van der Waals surface area contributed by atoms with Gasteiger partial charge in [-0.3, -0.25) is 4.72 Å². The molecule has 118 valence electrons. The smallest absolute Gasteiger partial charge is 0.265 e. The lowest BCUT2D eigenvalue weighted by Gasteiger charge is -2.07. The fraction of sp³-hybridized carbons (Fsp3) is 0. The number of nitrogens with one attached hydrogen (secondary N) is 1. The monoisotopic (exact) mass is 333 g/mol. The Labute approximate surface area is 131 Å². The van der Waals surface area contributed by atoms with Crippen LogP contribution in [0.1, 0.15) is 0 Å². The molecule has 2 aromatic carbocycles. The molecule has 1 aromatic heterocycles. The fourth-order valence-corrected chi connectivity index (χ4v) is 2.98. The Hall–Kier alpha value is -2.87. The predicted molar refractivity (Wildman–Crippen MR) is 82.4 cm³/mol. The molecule has 0 unspecified atom stereocenters. The minimum Gasteiger partial charge on any atom is -0.506 e. The number of benzene rings is 2. The van der Waals surface area contributed by atoms with E-state index in [2.05, 4.69) is 9.82 Å². The van der Waals surface area contributed by atoms with Gasteiger partial charge in [0, 0.05) is 0 Å². The number of sulfonamides is 1. The van der Waals surface area contributed by atoms with Crippen LogP contribution in [-0.4, -0.2) is 23.3 Å². The maximum atomic E-state index is 13.7. The summed E-state index contributed by atoms with van der Waals surface area (Å²) in [5, 5.41) is 13.5. The summed E-state index contributed by atoms with van der Waals surface area (Å²) in [5.41, 5.74) is 0.183. The highest BCUT2D eigenvalue weighted by Crippen LogP contribution is 2.25. The second-order valence-electron chi connectivity index (χ2n) is 4.69. The van der Waals surface area contributed by atoms with Crippen molar-refractivity contribution in [3.05, 3.63) is 66.7 Å². The number of aromatic hydroxyl groups is 1. The van der Waals surface area contributed by atoms with E-state index in [4.69, 9.17) is 0 Å². The molecule has 2 N–H and O–H groups in total. The van der Waals surface area contributed by atoms with Crippen LogP contribution in [0.5, 0.6) is 5.75 Å². The van der Waals surface area contributed by atoms with Gasteiger partial charge in [0.2, 0.25) is 0 Å². The molecule has 8 heteroatoms. The lowest BCUT2D eigenvalue weighted by atomic mass is 10.3. The van der Waals surface area contributed by atoms with Gasteiger partial charge in [-0.1, -0.05) is 24.3 Å². The molecule has 1 heterocycles. The first kappa shape index (κ1) is 15.0. The molecule has 3 aromatic rings. The Morgan fingerprint density at radius 1 is 1.09 bits per heavy atom. The van der Waals surface area contributed by atoms with Gasteiger partial charge in [0.05, 0.1) is 18.1 Å². The summed E-state index contributed by atoms with van der Waals surface area (Å²) in [4.78, 5) is -0.149. The van der Waals surface area contributed by atoms with Gasteiger partial charge in [-0.25, -0.2) is 17.5 Å². The van der Waals surface area contributed by atoms with Crippen LogP contribution in [0.25, 0.3) is 5.69 Å². The molecule has 0 aliphatic heterocycles. The molecule has 0 aliphatic carbocycles. The molecule has 0 radical (unpaired) electrons. The first-order valence-corrected chi connectivity index (χ1v) is 8.06. The largest absolute Gasteiger partial charge is 0.506 e. The Kier molecular flexibility index (Phi) is 3.75. The number of hydrogen-bond acceptors (Lipinski definition) is 4. The topological polar surface area (TPSA) is 84.2 Å². The molecular formula is C15H12FN3O3S. The average molecular weight is 333 g/mol. The summed E-state index contributed by atoms with van der Waals surface area (Å²) < 4.78 is 41.7. The standard InChI is InChI=1S/C15H12FN3O3S/c16-12-5-1-3-7-14(12)19-10-11(9-17-19)23(21,22)18-13-6-2-4-8-15(13)20/h1-10,18,20H. The Balaban J connectivity index is 1.93. The number of rotatable bonds is 4. The van der Waals surface area contributed by atoms with Crippen LogP contribution in [0, 0.1) is 5.82 Å². The highest BCUT2D eigenvalue weighted by Gasteiger charge is 2.19. The lowest BCUT2D eigenvalue weighted by Crippen LogP contribution is -2.12. The van der Waals surface area contributed by atoms with Crippen LogP contribution >= 0.6 is 0 Å². The minimum absolute atomic E-state index is 0.0474. The molecule has 3 rings (SSSR count). The van der Waals surface area contributed by atoms with E-state index >= 15 is 0 Å². The second kappa shape index (κ2) is 5.73. The van der Waals surface area contributed by atoms with Gasteiger partial charge in [0.25, 0.3) is 10.0 Å². The summed E-state index contributed by atoms with van der Waals surface area (Å²) in [5.74, 6) is -0.717. The van der Waals surface area contributed by atoms with E-state index in [0.717, 1.165) is 10.9 Å². The molecule has 0 atom stereocenters. The van der Waals surface area contributed by atoms with E-state index < -0.39 is 15.8 Å². The van der Waals surface area contributed by atoms with Crippen molar-refractivity contribution < 1.29 is 17.9 Å². The van der Waals surface area contributed by atoms with Crippen molar-refractivity contribution in [2.75, 3.05) is 4.72 Å². The molecule has 0 aliphatic rings. The third-order valence-electron chi connectivity index (χ3n) is 3.12. The van der Waals surface area contributed by atoms with Crippen molar-refractivity contribution in [3.63, 3.8) is 0 Å². The number of aromatic nitrogens is 2. The molecule has 0 bridgehead atoms. The van der Waals surface area contributed by atoms with Crippen molar-refractivity contribution in [1.82, 2.24) is 9.78 Å². The van der Waals surface area contributed by atoms with Crippen LogP contribution in [0.15, 0.2) is 65.8 Å². The zero-order chi connectivity index (χ0) is 16.4. The molecule has 0 saturated heterocycles. The van der Waals surface area contributed by atoms with E-state index in [9.17, 15) is 17.9 Å². The SMILES string of the molecule is O=S(=O)(Nc1ccccc1O)c1cnn(-c2ccccc2F)c1. The molecule has 6 nitrogen and oxygen atoms in total. The van der Waals surface area contributed by atoms with E-state index in [-0.39, 0.29) is 22.0 Å². The predicted octanol–water partition coefficient (Wildman–Crippen LogP) is 2.52.